The molecule has 1 atom stereocenters. The molecule has 0 bridgehead atoms. The molecular formula is C33H48O2. The van der Waals surface area contributed by atoms with Crippen molar-refractivity contribution in [3.8, 4) is 0 Å². The van der Waals surface area contributed by atoms with Crippen molar-refractivity contribution in [2.75, 3.05) is 6.61 Å². The van der Waals surface area contributed by atoms with Crippen LogP contribution >= 0.6 is 0 Å². The minimum atomic E-state index is -0.0806. The van der Waals surface area contributed by atoms with Crippen molar-refractivity contribution >= 4 is 5.97 Å². The highest BCUT2D eigenvalue weighted by Gasteiger charge is 2.22. The third kappa shape index (κ3) is 11.3. The van der Waals surface area contributed by atoms with Gasteiger partial charge in [-0.15, -0.1) is 0 Å². The van der Waals surface area contributed by atoms with Gasteiger partial charge in [0.25, 0.3) is 0 Å². The minimum Gasteiger partial charge on any atom is -0.461 e. The topological polar surface area (TPSA) is 26.3 Å². The SMILES string of the molecule is C=C(C)C1C=C2C(COC(=O)CCCCCCC/C=C/C/C=C/CCCCC)=CC=C2C(C)=CC1. The smallest absolute Gasteiger partial charge is 0.306 e. The van der Waals surface area contributed by atoms with E-state index < -0.39 is 0 Å². The fourth-order valence-electron chi connectivity index (χ4n) is 4.54. The van der Waals surface area contributed by atoms with E-state index in [-0.39, 0.29) is 5.97 Å². The molecule has 0 fully saturated rings. The Balaban J connectivity index is 1.53. The van der Waals surface area contributed by atoms with Crippen molar-refractivity contribution in [3.05, 3.63) is 83.1 Å². The molecule has 0 N–H and O–H groups in total. The van der Waals surface area contributed by atoms with Crippen LogP contribution in [0.1, 0.15) is 104 Å². The van der Waals surface area contributed by atoms with Gasteiger partial charge in [0.05, 0.1) is 0 Å². The molecule has 0 heterocycles. The molecule has 1 unspecified atom stereocenters. The first-order valence-electron chi connectivity index (χ1n) is 13.9. The van der Waals surface area contributed by atoms with Gasteiger partial charge in [-0.25, -0.2) is 0 Å². The summed E-state index contributed by atoms with van der Waals surface area (Å²) in [7, 11) is 0. The van der Waals surface area contributed by atoms with Crippen molar-refractivity contribution < 1.29 is 9.53 Å². The molecule has 0 amide bonds. The zero-order valence-corrected chi connectivity index (χ0v) is 22.6. The van der Waals surface area contributed by atoms with E-state index in [1.807, 2.05) is 0 Å². The predicted molar refractivity (Wildman–Crippen MR) is 151 cm³/mol. The Hall–Kier alpha value is -2.35. The number of carbonyl (C=O) groups excluding carboxylic acids is 1. The predicted octanol–water partition coefficient (Wildman–Crippen LogP) is 9.68. The first kappa shape index (κ1) is 28.9. The van der Waals surface area contributed by atoms with Crippen molar-refractivity contribution in [3.63, 3.8) is 0 Å². The van der Waals surface area contributed by atoms with E-state index in [1.54, 1.807) is 0 Å². The first-order chi connectivity index (χ1) is 17.0. The largest absolute Gasteiger partial charge is 0.461 e. The van der Waals surface area contributed by atoms with Gasteiger partial charge in [0.2, 0.25) is 0 Å². The van der Waals surface area contributed by atoms with Crippen LogP contribution in [0, 0.1) is 5.92 Å². The van der Waals surface area contributed by atoms with Gasteiger partial charge in [0.1, 0.15) is 6.61 Å². The molecule has 0 spiro atoms. The van der Waals surface area contributed by atoms with Gasteiger partial charge in [-0.05, 0) is 81.1 Å². The Morgan fingerprint density at radius 2 is 1.66 bits per heavy atom. The molecule has 0 radical (unpaired) electrons. The fourth-order valence-corrected chi connectivity index (χ4v) is 4.54. The van der Waals surface area contributed by atoms with Crippen LogP contribution in [0.25, 0.3) is 0 Å². The Bertz CT molecular complexity index is 860. The number of rotatable bonds is 17. The molecule has 0 aromatic rings. The third-order valence-electron chi connectivity index (χ3n) is 6.91. The normalized spacial score (nSPS) is 17.6. The molecular weight excluding hydrogens is 428 g/mol. The van der Waals surface area contributed by atoms with Crippen molar-refractivity contribution in [1.82, 2.24) is 0 Å². The number of esters is 1. The zero-order chi connectivity index (χ0) is 25.3. The van der Waals surface area contributed by atoms with E-state index in [4.69, 9.17) is 4.74 Å². The highest BCUT2D eigenvalue weighted by Crippen LogP contribution is 2.37. The molecule has 0 aromatic heterocycles. The monoisotopic (exact) mass is 476 g/mol. The van der Waals surface area contributed by atoms with E-state index >= 15 is 0 Å². The quantitative estimate of drug-likeness (QED) is 0.119. The molecule has 0 saturated carbocycles. The van der Waals surface area contributed by atoms with Crippen LogP contribution in [0.4, 0.5) is 0 Å². The summed E-state index contributed by atoms with van der Waals surface area (Å²) in [5.74, 6) is 0.263. The number of hydrogen-bond donors (Lipinski definition) is 0. The summed E-state index contributed by atoms with van der Waals surface area (Å²) in [5, 5.41) is 0. The van der Waals surface area contributed by atoms with Crippen LogP contribution in [0.5, 0.6) is 0 Å². The van der Waals surface area contributed by atoms with Gasteiger partial charge in [-0.3, -0.25) is 4.79 Å². The standard InChI is InChI=1S/C33H48O2/c1-5-6-7-8-9-10-11-12-13-14-15-16-17-18-19-20-33(34)35-26-30-23-24-31-28(4)21-22-29(27(2)3)25-32(30)31/h9-10,12-13,21,23-25,29H,2,5-8,11,14-20,22,26H2,1,3-4H3/b10-9+,13-12+. The fraction of sp³-hybridized carbons (Fsp3) is 0.545. The van der Waals surface area contributed by atoms with Crippen LogP contribution in [0.15, 0.2) is 83.1 Å². The van der Waals surface area contributed by atoms with Gasteiger partial charge in [0, 0.05) is 12.3 Å². The summed E-state index contributed by atoms with van der Waals surface area (Å²) < 4.78 is 5.63. The number of hydrogen-bond acceptors (Lipinski definition) is 2. The maximum Gasteiger partial charge on any atom is 0.306 e. The van der Waals surface area contributed by atoms with Gasteiger partial charge in [-0.1, -0.05) is 99.8 Å². The molecule has 2 aliphatic carbocycles. The van der Waals surface area contributed by atoms with Crippen molar-refractivity contribution in [1.29, 1.82) is 0 Å². The number of unbranched alkanes of at least 4 members (excludes halogenated alkanes) is 8. The van der Waals surface area contributed by atoms with Crippen molar-refractivity contribution in [2.24, 2.45) is 5.92 Å². The zero-order valence-electron chi connectivity index (χ0n) is 22.6. The summed E-state index contributed by atoms with van der Waals surface area (Å²) in [4.78, 5) is 12.3. The number of allylic oxidation sites excluding steroid dienone is 11. The second-order valence-corrected chi connectivity index (χ2v) is 10.1. The molecule has 2 nitrogen and oxygen atoms in total. The Morgan fingerprint density at radius 3 is 2.37 bits per heavy atom. The van der Waals surface area contributed by atoms with Gasteiger partial charge >= 0.3 is 5.97 Å². The second-order valence-electron chi connectivity index (χ2n) is 10.1. The number of fused-ring (bicyclic) bond motifs is 1. The van der Waals surface area contributed by atoms with Crippen LogP contribution in [-0.2, 0) is 9.53 Å². The van der Waals surface area contributed by atoms with E-state index in [9.17, 15) is 4.79 Å². The summed E-state index contributed by atoms with van der Waals surface area (Å²) in [6.45, 7) is 11.0. The van der Waals surface area contributed by atoms with Gasteiger partial charge < -0.3 is 4.74 Å². The second kappa shape index (κ2) is 17.1. The lowest BCUT2D eigenvalue weighted by atomic mass is 9.94. The highest BCUT2D eigenvalue weighted by molar-refractivity contribution is 5.70. The number of ether oxygens (including phenoxy) is 1. The lowest BCUT2D eigenvalue weighted by molar-refractivity contribution is -0.142. The third-order valence-corrected chi connectivity index (χ3v) is 6.91. The minimum absolute atomic E-state index is 0.0806. The molecule has 35 heavy (non-hydrogen) atoms. The molecule has 0 saturated heterocycles. The molecule has 2 aliphatic rings. The lowest BCUT2D eigenvalue weighted by Gasteiger charge is -2.13. The molecule has 2 rings (SSSR count). The molecule has 0 aromatic carbocycles. The summed E-state index contributed by atoms with van der Waals surface area (Å²) >= 11 is 0. The molecule has 0 aliphatic heterocycles. The van der Waals surface area contributed by atoms with E-state index in [0.717, 1.165) is 37.7 Å². The summed E-state index contributed by atoms with van der Waals surface area (Å²) in [6.07, 6.45) is 32.6. The van der Waals surface area contributed by atoms with E-state index in [2.05, 4.69) is 76.0 Å². The number of carbonyl (C=O) groups is 1. The van der Waals surface area contributed by atoms with Gasteiger partial charge in [0.15, 0.2) is 0 Å². The van der Waals surface area contributed by atoms with Crippen LogP contribution in [0.2, 0.25) is 0 Å². The lowest BCUT2D eigenvalue weighted by Crippen LogP contribution is -2.09. The Kier molecular flexibility index (Phi) is 14.1. The van der Waals surface area contributed by atoms with Crippen LogP contribution < -0.4 is 0 Å². The molecule has 2 heteroatoms. The summed E-state index contributed by atoms with van der Waals surface area (Å²) in [6, 6.07) is 0. The molecule has 192 valence electrons. The van der Waals surface area contributed by atoms with Crippen LogP contribution in [-0.4, -0.2) is 12.6 Å². The van der Waals surface area contributed by atoms with Gasteiger partial charge in [-0.2, -0.15) is 0 Å². The Morgan fingerprint density at radius 1 is 0.971 bits per heavy atom. The average molecular weight is 477 g/mol. The Labute approximate surface area is 215 Å². The summed E-state index contributed by atoms with van der Waals surface area (Å²) in [5.41, 5.74) is 6.05. The maximum absolute atomic E-state index is 12.3. The van der Waals surface area contributed by atoms with Crippen LogP contribution in [0.3, 0.4) is 0 Å². The average Bonchev–Trinajstić information content (AvgIpc) is 3.16. The van der Waals surface area contributed by atoms with E-state index in [0.29, 0.717) is 18.9 Å². The van der Waals surface area contributed by atoms with E-state index in [1.165, 1.54) is 67.2 Å². The van der Waals surface area contributed by atoms with Crippen molar-refractivity contribution in [2.45, 2.75) is 104 Å². The first-order valence-corrected chi connectivity index (χ1v) is 13.9. The maximum atomic E-state index is 12.3. The highest BCUT2D eigenvalue weighted by atomic mass is 16.5.